The quantitative estimate of drug-likeness (QED) is 0.547. The van der Waals surface area contributed by atoms with E-state index in [4.69, 9.17) is 0 Å². The van der Waals surface area contributed by atoms with Crippen molar-refractivity contribution in [2.24, 2.45) is 29.6 Å². The third-order valence-electron chi connectivity index (χ3n) is 6.22. The van der Waals surface area contributed by atoms with Crippen LogP contribution in [0.15, 0.2) is 0 Å². The molecule has 2 fully saturated rings. The maximum atomic E-state index is 2.46. The van der Waals surface area contributed by atoms with Gasteiger partial charge in [0.1, 0.15) is 0 Å². The third-order valence-corrected chi connectivity index (χ3v) is 6.22. The summed E-state index contributed by atoms with van der Waals surface area (Å²) >= 11 is 0. The molecule has 0 saturated heterocycles. The normalized spacial score (nSPS) is 38.7. The van der Waals surface area contributed by atoms with E-state index in [2.05, 4.69) is 20.8 Å². The van der Waals surface area contributed by atoms with E-state index < -0.39 is 0 Å². The van der Waals surface area contributed by atoms with Crippen LogP contribution in [0.1, 0.15) is 91.4 Å². The van der Waals surface area contributed by atoms with Crippen molar-refractivity contribution in [2.75, 3.05) is 0 Å². The molecule has 0 radical (unpaired) electrons. The van der Waals surface area contributed by atoms with Crippen LogP contribution in [-0.2, 0) is 0 Å². The molecule has 2 aliphatic rings. The SMILES string of the molecule is CC[C@@H](C)CC1CCC(C2CCCC(C)CCC2)C1. The lowest BCUT2D eigenvalue weighted by molar-refractivity contribution is 0.241. The minimum Gasteiger partial charge on any atom is -0.0651 e. The molecular weight excluding hydrogens is 228 g/mol. The Bertz CT molecular complexity index is 234. The summed E-state index contributed by atoms with van der Waals surface area (Å²) < 4.78 is 0. The van der Waals surface area contributed by atoms with Gasteiger partial charge in [-0.05, 0) is 48.9 Å². The second kappa shape index (κ2) is 7.70. The lowest BCUT2D eigenvalue weighted by Gasteiger charge is -2.27. The fourth-order valence-corrected chi connectivity index (χ4v) is 4.71. The lowest BCUT2D eigenvalue weighted by atomic mass is 9.78. The first-order valence-corrected chi connectivity index (χ1v) is 9.19. The molecule has 2 saturated carbocycles. The standard InChI is InChI=1S/C19H36/c1-4-15(2)13-17-11-12-19(14-17)18-9-5-7-16(3)8-6-10-18/h15-19H,4-14H2,1-3H3/t15-,16?,17?,18?,19?/m1/s1. The van der Waals surface area contributed by atoms with E-state index in [-0.39, 0.29) is 0 Å². The van der Waals surface area contributed by atoms with Crippen molar-refractivity contribution >= 4 is 0 Å². The molecular formula is C19H36. The molecule has 0 heterocycles. The fraction of sp³-hybridized carbons (Fsp3) is 1.00. The first-order valence-electron chi connectivity index (χ1n) is 9.19. The Hall–Kier alpha value is 0. The number of hydrogen-bond donors (Lipinski definition) is 0. The van der Waals surface area contributed by atoms with Crippen LogP contribution in [0, 0.1) is 29.6 Å². The Morgan fingerprint density at radius 3 is 2.21 bits per heavy atom. The Morgan fingerprint density at radius 2 is 1.58 bits per heavy atom. The van der Waals surface area contributed by atoms with Gasteiger partial charge in [-0.25, -0.2) is 0 Å². The highest BCUT2D eigenvalue weighted by atomic mass is 14.4. The van der Waals surface area contributed by atoms with Crippen molar-refractivity contribution in [3.63, 3.8) is 0 Å². The molecule has 0 N–H and O–H groups in total. The highest BCUT2D eigenvalue weighted by Crippen LogP contribution is 2.43. The van der Waals surface area contributed by atoms with Crippen LogP contribution in [0.3, 0.4) is 0 Å². The van der Waals surface area contributed by atoms with Crippen molar-refractivity contribution < 1.29 is 0 Å². The van der Waals surface area contributed by atoms with Gasteiger partial charge in [-0.3, -0.25) is 0 Å². The summed E-state index contributed by atoms with van der Waals surface area (Å²) in [5.74, 6) is 5.23. The van der Waals surface area contributed by atoms with Crippen molar-refractivity contribution in [2.45, 2.75) is 91.4 Å². The summed E-state index contributed by atoms with van der Waals surface area (Å²) in [6, 6.07) is 0. The summed E-state index contributed by atoms with van der Waals surface area (Å²) in [6.45, 7) is 7.26. The molecule has 0 bridgehead atoms. The van der Waals surface area contributed by atoms with E-state index in [0.717, 1.165) is 29.6 Å². The molecule has 2 rings (SSSR count). The van der Waals surface area contributed by atoms with Crippen molar-refractivity contribution in [1.82, 2.24) is 0 Å². The number of rotatable bonds is 4. The van der Waals surface area contributed by atoms with Gasteiger partial charge >= 0.3 is 0 Å². The minimum absolute atomic E-state index is 0.960. The van der Waals surface area contributed by atoms with Crippen molar-refractivity contribution in [1.29, 1.82) is 0 Å². The van der Waals surface area contributed by atoms with E-state index >= 15 is 0 Å². The molecule has 0 heteroatoms. The van der Waals surface area contributed by atoms with E-state index in [1.54, 1.807) is 32.1 Å². The maximum absolute atomic E-state index is 2.46. The van der Waals surface area contributed by atoms with E-state index in [0.29, 0.717) is 0 Å². The molecule has 3 atom stereocenters. The lowest BCUT2D eigenvalue weighted by Crippen LogP contribution is -2.16. The Morgan fingerprint density at radius 1 is 0.895 bits per heavy atom. The van der Waals surface area contributed by atoms with Gasteiger partial charge in [-0.15, -0.1) is 0 Å². The number of hydrogen-bond acceptors (Lipinski definition) is 0. The van der Waals surface area contributed by atoms with Crippen molar-refractivity contribution in [3.8, 4) is 0 Å². The second-order valence-corrected chi connectivity index (χ2v) is 7.92. The zero-order chi connectivity index (χ0) is 13.7. The van der Waals surface area contributed by atoms with Crippen LogP contribution in [0.5, 0.6) is 0 Å². The van der Waals surface area contributed by atoms with Crippen LogP contribution >= 0.6 is 0 Å². The summed E-state index contributed by atoms with van der Waals surface area (Å²) in [7, 11) is 0. The average molecular weight is 264 g/mol. The average Bonchev–Trinajstić information content (AvgIpc) is 2.81. The molecule has 0 aromatic carbocycles. The summed E-state index contributed by atoms with van der Waals surface area (Å²) in [4.78, 5) is 0. The zero-order valence-electron chi connectivity index (χ0n) is 13.7. The molecule has 0 aliphatic heterocycles. The first-order chi connectivity index (χ1) is 9.19. The molecule has 112 valence electrons. The van der Waals surface area contributed by atoms with Gasteiger partial charge in [-0.2, -0.15) is 0 Å². The molecule has 0 aromatic heterocycles. The Kier molecular flexibility index (Phi) is 6.23. The smallest absolute Gasteiger partial charge is 0.0383 e. The largest absolute Gasteiger partial charge is 0.0651 e. The summed E-state index contributed by atoms with van der Waals surface area (Å²) in [5.41, 5.74) is 0. The molecule has 0 nitrogen and oxygen atoms in total. The van der Waals surface area contributed by atoms with Gasteiger partial charge in [0, 0.05) is 0 Å². The summed E-state index contributed by atoms with van der Waals surface area (Å²) in [6.07, 6.45) is 16.7. The van der Waals surface area contributed by atoms with E-state index in [1.807, 2.05) is 0 Å². The van der Waals surface area contributed by atoms with E-state index in [9.17, 15) is 0 Å². The molecule has 2 unspecified atom stereocenters. The van der Waals surface area contributed by atoms with Crippen LogP contribution in [-0.4, -0.2) is 0 Å². The minimum atomic E-state index is 0.960. The Balaban J connectivity index is 1.76. The third kappa shape index (κ3) is 4.80. The monoisotopic (exact) mass is 264 g/mol. The fourth-order valence-electron chi connectivity index (χ4n) is 4.71. The molecule has 2 aliphatic carbocycles. The zero-order valence-corrected chi connectivity index (χ0v) is 13.7. The molecule has 0 spiro atoms. The van der Waals surface area contributed by atoms with Gasteiger partial charge in [0.25, 0.3) is 0 Å². The highest BCUT2D eigenvalue weighted by Gasteiger charge is 2.31. The highest BCUT2D eigenvalue weighted by molar-refractivity contribution is 4.82. The second-order valence-electron chi connectivity index (χ2n) is 7.92. The van der Waals surface area contributed by atoms with Crippen LogP contribution in [0.4, 0.5) is 0 Å². The first kappa shape index (κ1) is 15.4. The van der Waals surface area contributed by atoms with E-state index in [1.165, 1.54) is 38.5 Å². The summed E-state index contributed by atoms with van der Waals surface area (Å²) in [5, 5.41) is 0. The van der Waals surface area contributed by atoms with Gasteiger partial charge < -0.3 is 0 Å². The maximum Gasteiger partial charge on any atom is -0.0383 e. The van der Waals surface area contributed by atoms with Crippen LogP contribution in [0.25, 0.3) is 0 Å². The predicted octanol–water partition coefficient (Wildman–Crippen LogP) is 6.45. The Labute approximate surface area is 121 Å². The topological polar surface area (TPSA) is 0 Å². The van der Waals surface area contributed by atoms with Gasteiger partial charge in [0.15, 0.2) is 0 Å². The van der Waals surface area contributed by atoms with Crippen molar-refractivity contribution in [3.05, 3.63) is 0 Å². The van der Waals surface area contributed by atoms with Gasteiger partial charge in [0.2, 0.25) is 0 Å². The predicted molar refractivity (Wildman–Crippen MR) is 85.3 cm³/mol. The van der Waals surface area contributed by atoms with Gasteiger partial charge in [0.05, 0.1) is 0 Å². The van der Waals surface area contributed by atoms with Gasteiger partial charge in [-0.1, -0.05) is 72.1 Å². The van der Waals surface area contributed by atoms with Crippen LogP contribution in [0.2, 0.25) is 0 Å². The molecule has 19 heavy (non-hydrogen) atoms. The molecule has 0 amide bonds. The molecule has 0 aromatic rings. The van der Waals surface area contributed by atoms with Crippen LogP contribution < -0.4 is 0 Å².